The lowest BCUT2D eigenvalue weighted by atomic mass is 10.1. The topological polar surface area (TPSA) is 73.8 Å². The first-order valence-electron chi connectivity index (χ1n) is 12.1. The quantitative estimate of drug-likeness (QED) is 0.353. The van der Waals surface area contributed by atoms with Gasteiger partial charge in [-0.1, -0.05) is 36.8 Å². The van der Waals surface area contributed by atoms with Gasteiger partial charge in [0.25, 0.3) is 5.91 Å². The maximum absolute atomic E-state index is 14.3. The molecule has 1 saturated heterocycles. The number of carbonyl (C=O) groups is 1. The first kappa shape index (κ1) is 26.2. The monoisotopic (exact) mass is 513 g/mol. The number of aryl methyl sites for hydroxylation is 2. The summed E-state index contributed by atoms with van der Waals surface area (Å²) in [5, 5.41) is 9.78. The van der Waals surface area contributed by atoms with Crippen molar-refractivity contribution in [1.82, 2.24) is 10.2 Å². The van der Waals surface area contributed by atoms with Gasteiger partial charge in [0.2, 0.25) is 5.13 Å². The maximum Gasteiger partial charge on any atom is 0.263 e. The van der Waals surface area contributed by atoms with Crippen molar-refractivity contribution in [3.63, 3.8) is 0 Å². The van der Waals surface area contributed by atoms with Gasteiger partial charge in [-0.2, -0.15) is 0 Å². The third-order valence-electron chi connectivity index (χ3n) is 5.92. The molecule has 192 valence electrons. The van der Waals surface area contributed by atoms with Gasteiger partial charge in [-0.15, -0.1) is 10.2 Å². The molecule has 4 rings (SSSR count). The van der Waals surface area contributed by atoms with Crippen molar-refractivity contribution in [3.05, 3.63) is 58.9 Å². The number of rotatable bonds is 9. The summed E-state index contributed by atoms with van der Waals surface area (Å²) in [6, 6.07) is 10.0. The highest BCUT2D eigenvalue weighted by molar-refractivity contribution is 7.18. The highest BCUT2D eigenvalue weighted by Gasteiger charge is 2.33. The molecule has 1 atom stereocenters. The van der Waals surface area contributed by atoms with E-state index in [0.717, 1.165) is 35.3 Å². The van der Waals surface area contributed by atoms with Crippen LogP contribution in [-0.4, -0.2) is 47.8 Å². The van der Waals surface area contributed by atoms with Crippen molar-refractivity contribution in [2.75, 3.05) is 24.7 Å². The fourth-order valence-electron chi connectivity index (χ4n) is 4.14. The average Bonchev–Trinajstić information content (AvgIpc) is 3.45. The van der Waals surface area contributed by atoms with Crippen LogP contribution in [0.15, 0.2) is 36.4 Å². The number of halogens is 1. The van der Waals surface area contributed by atoms with Gasteiger partial charge in [-0.05, 0) is 69.5 Å². The summed E-state index contributed by atoms with van der Waals surface area (Å²) >= 11 is 1.31. The van der Waals surface area contributed by atoms with E-state index in [4.69, 9.17) is 14.2 Å². The number of carbonyl (C=O) groups excluding carboxylic acids is 1. The van der Waals surface area contributed by atoms with Crippen LogP contribution in [0.5, 0.6) is 5.75 Å². The minimum absolute atomic E-state index is 0.0265. The molecule has 9 heteroatoms. The Balaban J connectivity index is 1.54. The molecule has 2 heterocycles. The van der Waals surface area contributed by atoms with Gasteiger partial charge in [0.15, 0.2) is 5.79 Å². The zero-order chi connectivity index (χ0) is 25.9. The normalized spacial score (nSPS) is 16.8. The van der Waals surface area contributed by atoms with Crippen molar-refractivity contribution >= 4 is 22.4 Å². The Morgan fingerprint density at radius 2 is 1.94 bits per heavy atom. The second-order valence-electron chi connectivity index (χ2n) is 9.38. The van der Waals surface area contributed by atoms with Crippen LogP contribution in [0, 0.1) is 19.7 Å². The van der Waals surface area contributed by atoms with Crippen LogP contribution in [0.4, 0.5) is 9.52 Å². The lowest BCUT2D eigenvalue weighted by molar-refractivity contribution is -0.141. The summed E-state index contributed by atoms with van der Waals surface area (Å²) < 4.78 is 31.9. The summed E-state index contributed by atoms with van der Waals surface area (Å²) in [6.07, 6.45) is 1.54. The molecule has 0 spiro atoms. The molecule has 0 radical (unpaired) electrons. The first-order valence-corrected chi connectivity index (χ1v) is 13.0. The number of unbranched alkanes of at least 4 members (excludes halogenated alkanes) is 1. The second kappa shape index (κ2) is 11.0. The standard InChI is InChI=1S/C27H32FN3O4S/c1-6-7-12-31(25(32)21-10-8-9-11-22(21)28)26-30-29-24(36-26)19-13-17(2)23(18(3)14-19)33-15-20-16-34-27(4,5)35-20/h8-11,13-14,20H,6-7,12,15-16H2,1-5H3/t20-/m0/s1. The minimum atomic E-state index is -0.587. The average molecular weight is 514 g/mol. The summed E-state index contributed by atoms with van der Waals surface area (Å²) in [7, 11) is 0. The van der Waals surface area contributed by atoms with Crippen molar-refractivity contribution in [1.29, 1.82) is 0 Å². The summed E-state index contributed by atoms with van der Waals surface area (Å²) in [4.78, 5) is 14.7. The van der Waals surface area contributed by atoms with Crippen molar-refractivity contribution in [3.8, 4) is 16.3 Å². The highest BCUT2D eigenvalue weighted by atomic mass is 32.1. The molecule has 2 aromatic carbocycles. The summed E-state index contributed by atoms with van der Waals surface area (Å²) in [5.41, 5.74) is 2.84. The number of ether oxygens (including phenoxy) is 3. The third-order valence-corrected chi connectivity index (χ3v) is 6.91. The van der Waals surface area contributed by atoms with E-state index in [9.17, 15) is 9.18 Å². The van der Waals surface area contributed by atoms with Gasteiger partial charge in [-0.25, -0.2) is 4.39 Å². The zero-order valence-corrected chi connectivity index (χ0v) is 22.2. The smallest absolute Gasteiger partial charge is 0.263 e. The van der Waals surface area contributed by atoms with Crippen LogP contribution in [0.1, 0.15) is 55.1 Å². The summed E-state index contributed by atoms with van der Waals surface area (Å²) in [5.74, 6) is -0.748. The predicted octanol–water partition coefficient (Wildman–Crippen LogP) is 5.94. The Morgan fingerprint density at radius 1 is 1.22 bits per heavy atom. The number of aromatic nitrogens is 2. The lowest BCUT2D eigenvalue weighted by Gasteiger charge is -2.19. The van der Waals surface area contributed by atoms with E-state index in [1.54, 1.807) is 12.1 Å². The molecule has 1 amide bonds. The number of anilines is 1. The van der Waals surface area contributed by atoms with Crippen LogP contribution >= 0.6 is 11.3 Å². The Morgan fingerprint density at radius 3 is 2.58 bits per heavy atom. The number of hydrogen-bond acceptors (Lipinski definition) is 7. The van der Waals surface area contributed by atoms with E-state index < -0.39 is 17.5 Å². The number of hydrogen-bond donors (Lipinski definition) is 0. The van der Waals surface area contributed by atoms with Crippen LogP contribution in [0.3, 0.4) is 0 Å². The molecule has 0 aliphatic carbocycles. The van der Waals surface area contributed by atoms with Gasteiger partial charge in [0.05, 0.1) is 12.2 Å². The Hall–Kier alpha value is -2.88. The van der Waals surface area contributed by atoms with Gasteiger partial charge in [0.1, 0.15) is 29.3 Å². The van der Waals surface area contributed by atoms with E-state index in [0.29, 0.717) is 29.9 Å². The molecule has 7 nitrogen and oxygen atoms in total. The van der Waals surface area contributed by atoms with Crippen LogP contribution in [-0.2, 0) is 9.47 Å². The molecular formula is C27H32FN3O4S. The molecule has 1 fully saturated rings. The first-order chi connectivity index (χ1) is 17.2. The van der Waals surface area contributed by atoms with E-state index in [2.05, 4.69) is 10.2 Å². The van der Waals surface area contributed by atoms with Crippen LogP contribution in [0.25, 0.3) is 10.6 Å². The number of benzene rings is 2. The second-order valence-corrected chi connectivity index (χ2v) is 10.3. The van der Waals surface area contributed by atoms with Gasteiger partial charge >= 0.3 is 0 Å². The predicted molar refractivity (Wildman–Crippen MR) is 138 cm³/mol. The van der Waals surface area contributed by atoms with Gasteiger partial charge in [0, 0.05) is 12.1 Å². The molecular weight excluding hydrogens is 481 g/mol. The van der Waals surface area contributed by atoms with Gasteiger partial charge in [-0.3, -0.25) is 9.69 Å². The largest absolute Gasteiger partial charge is 0.490 e. The van der Waals surface area contributed by atoms with Crippen molar-refractivity contribution < 1.29 is 23.4 Å². The fourth-order valence-corrected chi connectivity index (χ4v) is 5.00. The molecule has 0 saturated carbocycles. The summed E-state index contributed by atoms with van der Waals surface area (Å²) in [6.45, 7) is 11.1. The fraction of sp³-hybridized carbons (Fsp3) is 0.444. The van der Waals surface area contributed by atoms with E-state index in [1.165, 1.54) is 28.4 Å². The maximum atomic E-state index is 14.3. The van der Waals surface area contributed by atoms with E-state index in [1.807, 2.05) is 46.8 Å². The van der Waals surface area contributed by atoms with Crippen LogP contribution < -0.4 is 9.64 Å². The van der Waals surface area contributed by atoms with Crippen molar-refractivity contribution in [2.24, 2.45) is 0 Å². The highest BCUT2D eigenvalue weighted by Crippen LogP contribution is 2.35. The molecule has 1 aromatic heterocycles. The van der Waals surface area contributed by atoms with E-state index >= 15 is 0 Å². The SMILES string of the molecule is CCCCN(C(=O)c1ccccc1F)c1nnc(-c2cc(C)c(OC[C@H]3COC(C)(C)O3)c(C)c2)s1. The molecule has 1 aliphatic heterocycles. The number of amides is 1. The number of nitrogens with zero attached hydrogens (tertiary/aromatic N) is 3. The van der Waals surface area contributed by atoms with E-state index in [-0.39, 0.29) is 11.7 Å². The van der Waals surface area contributed by atoms with Crippen molar-refractivity contribution in [2.45, 2.75) is 59.4 Å². The lowest BCUT2D eigenvalue weighted by Crippen LogP contribution is -2.32. The molecule has 3 aromatic rings. The van der Waals surface area contributed by atoms with Gasteiger partial charge < -0.3 is 14.2 Å². The molecule has 0 N–H and O–H groups in total. The zero-order valence-electron chi connectivity index (χ0n) is 21.3. The third kappa shape index (κ3) is 5.91. The molecule has 0 bridgehead atoms. The molecule has 1 aliphatic rings. The van der Waals surface area contributed by atoms with Crippen LogP contribution in [0.2, 0.25) is 0 Å². The Bertz CT molecular complexity index is 1210. The minimum Gasteiger partial charge on any atom is -0.490 e. The molecule has 0 unspecified atom stereocenters. The Kier molecular flexibility index (Phi) is 8.02. The Labute approximate surface area is 215 Å². The molecule has 36 heavy (non-hydrogen) atoms.